The van der Waals surface area contributed by atoms with Crippen LogP contribution in [0.5, 0.6) is 0 Å². The Morgan fingerprint density at radius 3 is 3.20 bits per heavy atom. The van der Waals surface area contributed by atoms with Gasteiger partial charge in [0.25, 0.3) is 0 Å². The molecule has 3 heterocycles. The van der Waals surface area contributed by atoms with Gasteiger partial charge in [-0.05, 0) is 13.0 Å². The van der Waals surface area contributed by atoms with Gasteiger partial charge in [0, 0.05) is 17.8 Å². The molecule has 0 fully saturated rings. The molecular formula is C12H9ClN4O3. The number of ether oxygens (including phenoxy) is 1. The van der Waals surface area contributed by atoms with E-state index < -0.39 is 5.97 Å². The number of pyridine rings is 1. The largest absolute Gasteiger partial charge is 0.459 e. The lowest BCUT2D eigenvalue weighted by molar-refractivity contribution is 0.0470. The van der Waals surface area contributed by atoms with Crippen molar-refractivity contribution in [3.63, 3.8) is 0 Å². The van der Waals surface area contributed by atoms with Crippen LogP contribution in [0.2, 0.25) is 5.02 Å². The number of carbonyl (C=O) groups excluding carboxylic acids is 1. The molecule has 0 aromatic carbocycles. The van der Waals surface area contributed by atoms with E-state index in [9.17, 15) is 4.79 Å². The highest BCUT2D eigenvalue weighted by atomic mass is 35.5. The molecule has 20 heavy (non-hydrogen) atoms. The van der Waals surface area contributed by atoms with Crippen LogP contribution in [0.3, 0.4) is 0 Å². The van der Waals surface area contributed by atoms with E-state index >= 15 is 0 Å². The Bertz CT molecular complexity index is 780. The number of esters is 1. The Labute approximate surface area is 117 Å². The zero-order valence-corrected chi connectivity index (χ0v) is 11.1. The van der Waals surface area contributed by atoms with Gasteiger partial charge in [0.2, 0.25) is 5.82 Å². The number of aromatic amines is 1. The molecule has 0 saturated carbocycles. The Morgan fingerprint density at radius 1 is 1.55 bits per heavy atom. The molecule has 0 aliphatic heterocycles. The minimum absolute atomic E-state index is 0.189. The van der Waals surface area contributed by atoms with E-state index in [2.05, 4.69) is 20.1 Å². The van der Waals surface area contributed by atoms with Crippen molar-refractivity contribution in [1.29, 1.82) is 0 Å². The number of halogens is 1. The van der Waals surface area contributed by atoms with Crippen LogP contribution >= 0.6 is 11.6 Å². The van der Waals surface area contributed by atoms with Crippen LogP contribution in [0.25, 0.3) is 22.4 Å². The molecule has 102 valence electrons. The smallest absolute Gasteiger partial charge is 0.397 e. The van der Waals surface area contributed by atoms with Crippen molar-refractivity contribution >= 4 is 28.6 Å². The maximum atomic E-state index is 11.5. The molecule has 8 heteroatoms. The molecule has 3 aromatic heterocycles. The lowest BCUT2D eigenvalue weighted by Gasteiger charge is -1.99. The van der Waals surface area contributed by atoms with Crippen molar-refractivity contribution in [1.82, 2.24) is 20.1 Å². The highest BCUT2D eigenvalue weighted by Gasteiger charge is 2.19. The van der Waals surface area contributed by atoms with Crippen LogP contribution < -0.4 is 0 Å². The van der Waals surface area contributed by atoms with Crippen molar-refractivity contribution in [2.24, 2.45) is 0 Å². The first-order valence-corrected chi connectivity index (χ1v) is 6.21. The molecule has 0 aliphatic carbocycles. The molecular weight excluding hydrogens is 284 g/mol. The molecule has 0 atom stereocenters. The van der Waals surface area contributed by atoms with Crippen LogP contribution in [0.4, 0.5) is 0 Å². The van der Waals surface area contributed by atoms with E-state index in [1.165, 1.54) is 6.20 Å². The summed E-state index contributed by atoms with van der Waals surface area (Å²) >= 11 is 6.27. The van der Waals surface area contributed by atoms with Crippen LogP contribution in [0, 0.1) is 0 Å². The fourth-order valence-corrected chi connectivity index (χ4v) is 2.03. The molecule has 0 unspecified atom stereocenters. The lowest BCUT2D eigenvalue weighted by atomic mass is 10.2. The molecule has 3 aromatic rings. The van der Waals surface area contributed by atoms with E-state index in [4.69, 9.17) is 20.9 Å². The number of fused-ring (bicyclic) bond motifs is 1. The second kappa shape index (κ2) is 4.93. The first kappa shape index (κ1) is 12.6. The van der Waals surface area contributed by atoms with Crippen molar-refractivity contribution < 1.29 is 14.1 Å². The van der Waals surface area contributed by atoms with E-state index in [0.717, 1.165) is 5.39 Å². The van der Waals surface area contributed by atoms with Gasteiger partial charge in [0.1, 0.15) is 5.65 Å². The van der Waals surface area contributed by atoms with Crippen LogP contribution in [-0.2, 0) is 4.74 Å². The number of hydrogen-bond donors (Lipinski definition) is 1. The number of aromatic nitrogens is 4. The zero-order chi connectivity index (χ0) is 14.1. The Morgan fingerprint density at radius 2 is 2.40 bits per heavy atom. The van der Waals surface area contributed by atoms with Gasteiger partial charge in [0.15, 0.2) is 0 Å². The van der Waals surface area contributed by atoms with Gasteiger partial charge >= 0.3 is 11.9 Å². The SMILES string of the molecule is CCOC(=O)c1nc(-c2cnc3[nH]ccc3c2Cl)no1. The summed E-state index contributed by atoms with van der Waals surface area (Å²) in [5, 5.41) is 4.90. The summed E-state index contributed by atoms with van der Waals surface area (Å²) in [5.41, 5.74) is 1.14. The predicted octanol–water partition coefficient (Wildman–Crippen LogP) is 2.44. The molecule has 0 amide bonds. The third kappa shape index (κ3) is 2.01. The second-order valence-electron chi connectivity index (χ2n) is 3.87. The van der Waals surface area contributed by atoms with E-state index in [0.29, 0.717) is 16.2 Å². The number of H-pyrrole nitrogens is 1. The van der Waals surface area contributed by atoms with E-state index in [-0.39, 0.29) is 18.3 Å². The third-order valence-corrected chi connectivity index (χ3v) is 3.05. The summed E-state index contributed by atoms with van der Waals surface area (Å²) < 4.78 is 9.63. The minimum atomic E-state index is -0.668. The number of nitrogens with zero attached hydrogens (tertiary/aromatic N) is 3. The zero-order valence-electron chi connectivity index (χ0n) is 10.4. The number of carbonyl (C=O) groups is 1. The van der Waals surface area contributed by atoms with Crippen molar-refractivity contribution in [2.75, 3.05) is 6.61 Å². The lowest BCUT2D eigenvalue weighted by Crippen LogP contribution is -2.04. The van der Waals surface area contributed by atoms with E-state index in [1.807, 2.05) is 0 Å². The van der Waals surface area contributed by atoms with Crippen LogP contribution in [-0.4, -0.2) is 32.7 Å². The van der Waals surface area contributed by atoms with Gasteiger partial charge in [-0.25, -0.2) is 9.78 Å². The van der Waals surface area contributed by atoms with Crippen molar-refractivity contribution in [3.05, 3.63) is 29.4 Å². The average Bonchev–Trinajstić information content (AvgIpc) is 3.08. The van der Waals surface area contributed by atoms with Crippen molar-refractivity contribution in [3.8, 4) is 11.4 Å². The fourth-order valence-electron chi connectivity index (χ4n) is 1.74. The number of rotatable bonds is 3. The summed E-state index contributed by atoms with van der Waals surface area (Å²) in [6.45, 7) is 1.92. The van der Waals surface area contributed by atoms with Gasteiger partial charge in [-0.15, -0.1) is 0 Å². The molecule has 0 aliphatic rings. The maximum absolute atomic E-state index is 11.5. The summed E-state index contributed by atoms with van der Waals surface area (Å²) in [5.74, 6) is -0.696. The summed E-state index contributed by atoms with van der Waals surface area (Å²) in [4.78, 5) is 22.6. The minimum Gasteiger partial charge on any atom is -0.459 e. The predicted molar refractivity (Wildman–Crippen MR) is 70.4 cm³/mol. The average molecular weight is 293 g/mol. The summed E-state index contributed by atoms with van der Waals surface area (Å²) in [6, 6.07) is 1.79. The Balaban J connectivity index is 2.03. The second-order valence-corrected chi connectivity index (χ2v) is 4.25. The third-order valence-electron chi connectivity index (χ3n) is 2.64. The van der Waals surface area contributed by atoms with Gasteiger partial charge < -0.3 is 14.2 Å². The molecule has 0 saturated heterocycles. The van der Waals surface area contributed by atoms with Gasteiger partial charge in [-0.1, -0.05) is 16.8 Å². The number of nitrogens with one attached hydrogen (secondary N) is 1. The summed E-state index contributed by atoms with van der Waals surface area (Å²) in [6.07, 6.45) is 3.24. The fraction of sp³-hybridized carbons (Fsp3) is 0.167. The van der Waals surface area contributed by atoms with Crippen LogP contribution in [0.1, 0.15) is 17.6 Å². The molecule has 0 radical (unpaired) electrons. The van der Waals surface area contributed by atoms with E-state index in [1.54, 1.807) is 19.2 Å². The van der Waals surface area contributed by atoms with Gasteiger partial charge in [0.05, 0.1) is 17.2 Å². The quantitative estimate of drug-likeness (QED) is 0.745. The number of hydrogen-bond acceptors (Lipinski definition) is 6. The Kier molecular flexibility index (Phi) is 3.11. The topological polar surface area (TPSA) is 93.9 Å². The molecule has 7 nitrogen and oxygen atoms in total. The van der Waals surface area contributed by atoms with Gasteiger partial charge in [-0.3, -0.25) is 0 Å². The van der Waals surface area contributed by atoms with Crippen LogP contribution in [0.15, 0.2) is 23.0 Å². The normalized spacial score (nSPS) is 10.9. The highest BCUT2D eigenvalue weighted by molar-refractivity contribution is 6.37. The molecule has 0 spiro atoms. The Hall–Kier alpha value is -2.41. The monoisotopic (exact) mass is 292 g/mol. The molecule has 1 N–H and O–H groups in total. The first-order valence-electron chi connectivity index (χ1n) is 5.83. The summed E-state index contributed by atoms with van der Waals surface area (Å²) in [7, 11) is 0. The standard InChI is InChI=1S/C12H9ClN4O3/c1-2-19-12(18)11-16-10(17-20-11)7-5-15-9-6(8(7)13)3-4-14-9/h3-5H,2H2,1H3,(H,14,15). The maximum Gasteiger partial charge on any atom is 0.397 e. The van der Waals surface area contributed by atoms with Gasteiger partial charge in [-0.2, -0.15) is 4.98 Å². The highest BCUT2D eigenvalue weighted by Crippen LogP contribution is 2.31. The first-order chi connectivity index (χ1) is 9.70. The molecule has 3 rings (SSSR count). The van der Waals surface area contributed by atoms with Crippen molar-refractivity contribution in [2.45, 2.75) is 6.92 Å². The molecule has 0 bridgehead atoms.